The SMILES string of the molecule is CC(CCC(=O)O)Nc1cccc(-c2cnco2)c1. The molecule has 0 radical (unpaired) electrons. The Labute approximate surface area is 111 Å². The Morgan fingerprint density at radius 1 is 1.53 bits per heavy atom. The number of carboxylic acid groups (broad SMARTS) is 1. The molecule has 100 valence electrons. The van der Waals surface area contributed by atoms with Crippen molar-refractivity contribution in [2.45, 2.75) is 25.8 Å². The molecule has 2 rings (SSSR count). The number of benzene rings is 1. The van der Waals surface area contributed by atoms with Crippen molar-refractivity contribution >= 4 is 11.7 Å². The van der Waals surface area contributed by atoms with Crippen molar-refractivity contribution in [3.8, 4) is 11.3 Å². The molecule has 0 aliphatic rings. The third kappa shape index (κ3) is 3.84. The first-order valence-electron chi connectivity index (χ1n) is 6.12. The van der Waals surface area contributed by atoms with Crippen LogP contribution in [0.2, 0.25) is 0 Å². The van der Waals surface area contributed by atoms with Crippen LogP contribution in [0.4, 0.5) is 5.69 Å². The number of nitrogens with zero attached hydrogens (tertiary/aromatic N) is 1. The lowest BCUT2D eigenvalue weighted by molar-refractivity contribution is -0.137. The first-order chi connectivity index (χ1) is 9.15. The van der Waals surface area contributed by atoms with E-state index < -0.39 is 5.97 Å². The van der Waals surface area contributed by atoms with Gasteiger partial charge in [-0.25, -0.2) is 4.98 Å². The molecule has 5 nitrogen and oxygen atoms in total. The Morgan fingerprint density at radius 2 is 2.37 bits per heavy atom. The van der Waals surface area contributed by atoms with Gasteiger partial charge in [-0.15, -0.1) is 0 Å². The summed E-state index contributed by atoms with van der Waals surface area (Å²) in [7, 11) is 0. The van der Waals surface area contributed by atoms with E-state index in [-0.39, 0.29) is 12.5 Å². The lowest BCUT2D eigenvalue weighted by Gasteiger charge is -2.14. The highest BCUT2D eigenvalue weighted by Gasteiger charge is 2.07. The summed E-state index contributed by atoms with van der Waals surface area (Å²) in [4.78, 5) is 14.4. The van der Waals surface area contributed by atoms with Gasteiger partial charge in [-0.05, 0) is 25.5 Å². The van der Waals surface area contributed by atoms with E-state index in [1.165, 1.54) is 6.39 Å². The summed E-state index contributed by atoms with van der Waals surface area (Å²) < 4.78 is 5.24. The number of rotatable bonds is 6. The molecule has 0 saturated heterocycles. The smallest absolute Gasteiger partial charge is 0.303 e. The summed E-state index contributed by atoms with van der Waals surface area (Å²) in [5, 5.41) is 11.9. The number of nitrogens with one attached hydrogen (secondary N) is 1. The molecule has 2 aromatic rings. The minimum atomic E-state index is -0.774. The number of aliphatic carboxylic acids is 1. The first kappa shape index (κ1) is 13.1. The number of hydrogen-bond donors (Lipinski definition) is 2. The average molecular weight is 260 g/mol. The zero-order valence-corrected chi connectivity index (χ0v) is 10.7. The molecule has 19 heavy (non-hydrogen) atoms. The van der Waals surface area contributed by atoms with Gasteiger partial charge < -0.3 is 14.8 Å². The van der Waals surface area contributed by atoms with Crippen LogP contribution in [0.5, 0.6) is 0 Å². The van der Waals surface area contributed by atoms with E-state index in [0.29, 0.717) is 12.2 Å². The van der Waals surface area contributed by atoms with E-state index in [1.807, 2.05) is 31.2 Å². The van der Waals surface area contributed by atoms with Crippen molar-refractivity contribution in [3.05, 3.63) is 36.9 Å². The van der Waals surface area contributed by atoms with Gasteiger partial charge in [-0.1, -0.05) is 12.1 Å². The van der Waals surface area contributed by atoms with E-state index in [1.54, 1.807) is 6.20 Å². The Kier molecular flexibility index (Phi) is 4.18. The van der Waals surface area contributed by atoms with Crippen molar-refractivity contribution in [1.29, 1.82) is 0 Å². The van der Waals surface area contributed by atoms with E-state index in [2.05, 4.69) is 10.3 Å². The quantitative estimate of drug-likeness (QED) is 0.835. The van der Waals surface area contributed by atoms with Crippen LogP contribution in [-0.4, -0.2) is 22.1 Å². The molecule has 5 heteroatoms. The maximum Gasteiger partial charge on any atom is 0.303 e. The summed E-state index contributed by atoms with van der Waals surface area (Å²) in [5.74, 6) is -0.0640. The van der Waals surface area contributed by atoms with Gasteiger partial charge in [0.1, 0.15) is 0 Å². The largest absolute Gasteiger partial charge is 0.481 e. The molecule has 1 heterocycles. The standard InChI is InChI=1S/C14H16N2O3/c1-10(5-6-14(17)18)16-12-4-2-3-11(7-12)13-8-15-9-19-13/h2-4,7-10,16H,5-6H2,1H3,(H,17,18). The van der Waals surface area contributed by atoms with Crippen LogP contribution in [0.15, 0.2) is 41.3 Å². The molecule has 0 fully saturated rings. The van der Waals surface area contributed by atoms with Crippen LogP contribution in [0, 0.1) is 0 Å². The van der Waals surface area contributed by atoms with Crippen molar-refractivity contribution < 1.29 is 14.3 Å². The molecular weight excluding hydrogens is 244 g/mol. The second kappa shape index (κ2) is 6.04. The summed E-state index contributed by atoms with van der Waals surface area (Å²) >= 11 is 0. The van der Waals surface area contributed by atoms with Gasteiger partial charge in [0, 0.05) is 23.7 Å². The maximum atomic E-state index is 10.5. The molecular formula is C14H16N2O3. The van der Waals surface area contributed by atoms with Crippen molar-refractivity contribution in [2.24, 2.45) is 0 Å². The predicted molar refractivity (Wildman–Crippen MR) is 71.9 cm³/mol. The van der Waals surface area contributed by atoms with Gasteiger partial charge in [0.05, 0.1) is 6.20 Å². The number of carboxylic acids is 1. The number of hydrogen-bond acceptors (Lipinski definition) is 4. The Morgan fingerprint density at radius 3 is 3.05 bits per heavy atom. The van der Waals surface area contributed by atoms with Crippen LogP contribution in [-0.2, 0) is 4.79 Å². The van der Waals surface area contributed by atoms with Gasteiger partial charge >= 0.3 is 5.97 Å². The molecule has 0 saturated carbocycles. The molecule has 1 atom stereocenters. The van der Waals surface area contributed by atoms with Crippen LogP contribution >= 0.6 is 0 Å². The fraction of sp³-hybridized carbons (Fsp3) is 0.286. The fourth-order valence-corrected chi connectivity index (χ4v) is 1.82. The molecule has 0 aliphatic heterocycles. The van der Waals surface area contributed by atoms with Gasteiger partial charge in [0.2, 0.25) is 0 Å². The minimum Gasteiger partial charge on any atom is -0.481 e. The Bertz CT molecular complexity index is 537. The predicted octanol–water partition coefficient (Wildman–Crippen LogP) is 3.01. The second-order valence-electron chi connectivity index (χ2n) is 4.42. The second-order valence-corrected chi connectivity index (χ2v) is 4.42. The molecule has 0 spiro atoms. The average Bonchev–Trinajstić information content (AvgIpc) is 2.90. The molecule has 0 amide bonds. The normalized spacial score (nSPS) is 12.1. The monoisotopic (exact) mass is 260 g/mol. The Hall–Kier alpha value is -2.30. The van der Waals surface area contributed by atoms with Gasteiger partial charge in [0.25, 0.3) is 0 Å². The van der Waals surface area contributed by atoms with Crippen LogP contribution in [0.3, 0.4) is 0 Å². The van der Waals surface area contributed by atoms with Gasteiger partial charge in [0.15, 0.2) is 12.2 Å². The highest BCUT2D eigenvalue weighted by molar-refractivity contribution is 5.67. The van der Waals surface area contributed by atoms with E-state index in [9.17, 15) is 4.79 Å². The van der Waals surface area contributed by atoms with E-state index in [4.69, 9.17) is 9.52 Å². The zero-order valence-electron chi connectivity index (χ0n) is 10.7. The van der Waals surface area contributed by atoms with Crippen LogP contribution in [0.25, 0.3) is 11.3 Å². The minimum absolute atomic E-state index is 0.0982. The number of oxazole rings is 1. The highest BCUT2D eigenvalue weighted by Crippen LogP contribution is 2.22. The number of anilines is 1. The van der Waals surface area contributed by atoms with Gasteiger partial charge in [-0.2, -0.15) is 0 Å². The van der Waals surface area contributed by atoms with Crippen molar-refractivity contribution in [2.75, 3.05) is 5.32 Å². The summed E-state index contributed by atoms with van der Waals surface area (Å²) in [6, 6.07) is 7.85. The van der Waals surface area contributed by atoms with E-state index in [0.717, 1.165) is 11.3 Å². The number of aromatic nitrogens is 1. The van der Waals surface area contributed by atoms with Crippen LogP contribution < -0.4 is 5.32 Å². The fourth-order valence-electron chi connectivity index (χ4n) is 1.82. The molecule has 0 aliphatic carbocycles. The summed E-state index contributed by atoms with van der Waals surface area (Å²) in [6.07, 6.45) is 3.80. The van der Waals surface area contributed by atoms with Crippen molar-refractivity contribution in [1.82, 2.24) is 4.98 Å². The molecule has 1 aromatic heterocycles. The molecule has 0 bridgehead atoms. The molecule has 1 unspecified atom stereocenters. The van der Waals surface area contributed by atoms with Crippen molar-refractivity contribution in [3.63, 3.8) is 0 Å². The highest BCUT2D eigenvalue weighted by atomic mass is 16.4. The molecule has 2 N–H and O–H groups in total. The van der Waals surface area contributed by atoms with Crippen LogP contribution in [0.1, 0.15) is 19.8 Å². The zero-order chi connectivity index (χ0) is 13.7. The summed E-state index contributed by atoms with van der Waals surface area (Å²) in [6.45, 7) is 1.96. The summed E-state index contributed by atoms with van der Waals surface area (Å²) in [5.41, 5.74) is 1.87. The Balaban J connectivity index is 2.01. The molecule has 1 aromatic carbocycles. The van der Waals surface area contributed by atoms with Gasteiger partial charge in [-0.3, -0.25) is 4.79 Å². The topological polar surface area (TPSA) is 75.4 Å². The lowest BCUT2D eigenvalue weighted by atomic mass is 10.1. The first-order valence-corrected chi connectivity index (χ1v) is 6.12. The van der Waals surface area contributed by atoms with E-state index >= 15 is 0 Å². The maximum absolute atomic E-state index is 10.5. The third-order valence-corrected chi connectivity index (χ3v) is 2.78. The lowest BCUT2D eigenvalue weighted by Crippen LogP contribution is -2.16. The third-order valence-electron chi connectivity index (χ3n) is 2.78. The number of carbonyl (C=O) groups is 1.